The van der Waals surface area contributed by atoms with E-state index in [1.54, 1.807) is 6.26 Å². The Labute approximate surface area is 103 Å². The summed E-state index contributed by atoms with van der Waals surface area (Å²) in [5.41, 5.74) is 0. The van der Waals surface area contributed by atoms with Gasteiger partial charge in [0.15, 0.2) is 0 Å². The van der Waals surface area contributed by atoms with Crippen molar-refractivity contribution in [1.82, 2.24) is 5.32 Å². The van der Waals surface area contributed by atoms with Gasteiger partial charge in [0.25, 0.3) is 0 Å². The fourth-order valence-electron chi connectivity index (χ4n) is 1.88. The molecule has 0 atom stereocenters. The van der Waals surface area contributed by atoms with E-state index in [1.807, 2.05) is 17.8 Å². The van der Waals surface area contributed by atoms with Crippen LogP contribution in [0.3, 0.4) is 0 Å². The zero-order chi connectivity index (χ0) is 10.7. The van der Waals surface area contributed by atoms with Crippen molar-refractivity contribution < 1.29 is 4.42 Å². The van der Waals surface area contributed by atoms with Crippen molar-refractivity contribution in [2.24, 2.45) is 0 Å². The van der Waals surface area contributed by atoms with Crippen LogP contribution < -0.4 is 5.32 Å². The quantitative estimate of drug-likeness (QED) is 0.899. The van der Waals surface area contributed by atoms with Gasteiger partial charge in [0.1, 0.15) is 5.76 Å². The van der Waals surface area contributed by atoms with Gasteiger partial charge in [-0.05, 0) is 41.1 Å². The third-order valence-corrected chi connectivity index (χ3v) is 5.25. The minimum Gasteiger partial charge on any atom is -0.467 e. The number of hydrogen-bond donors (Lipinski definition) is 1. The van der Waals surface area contributed by atoms with E-state index in [0.717, 1.165) is 23.3 Å². The Morgan fingerprint density at radius 3 is 2.87 bits per heavy atom. The number of hydrogen-bond acceptors (Lipinski definition) is 3. The summed E-state index contributed by atoms with van der Waals surface area (Å²) in [5.74, 6) is 0.991. The normalized spacial score (nSPS) is 18.8. The average molecular weight is 290 g/mol. The highest BCUT2D eigenvalue weighted by Crippen LogP contribution is 2.42. The first-order chi connectivity index (χ1) is 7.26. The lowest BCUT2D eigenvalue weighted by molar-refractivity contribution is 0.339. The van der Waals surface area contributed by atoms with E-state index in [0.29, 0.717) is 4.75 Å². The van der Waals surface area contributed by atoms with E-state index in [9.17, 15) is 0 Å². The van der Waals surface area contributed by atoms with Crippen molar-refractivity contribution in [3.8, 4) is 0 Å². The third kappa shape index (κ3) is 2.60. The molecule has 0 unspecified atom stereocenters. The molecule has 2 rings (SSSR count). The zero-order valence-electron chi connectivity index (χ0n) is 8.88. The van der Waals surface area contributed by atoms with Gasteiger partial charge in [0, 0.05) is 11.3 Å². The minimum atomic E-state index is 0.499. The van der Waals surface area contributed by atoms with Gasteiger partial charge in [-0.1, -0.05) is 6.42 Å². The number of rotatable bonds is 5. The highest BCUT2D eigenvalue weighted by Gasteiger charge is 2.35. The SMILES string of the molecule is CSC1(CNCc2occc2Br)CCC1. The molecule has 1 aromatic rings. The van der Waals surface area contributed by atoms with Crippen LogP contribution in [0.15, 0.2) is 21.2 Å². The Hall–Kier alpha value is 0.0700. The molecule has 84 valence electrons. The van der Waals surface area contributed by atoms with Crippen LogP contribution in [-0.2, 0) is 6.54 Å². The van der Waals surface area contributed by atoms with Crippen LogP contribution in [-0.4, -0.2) is 17.5 Å². The van der Waals surface area contributed by atoms with Gasteiger partial charge >= 0.3 is 0 Å². The Bertz CT molecular complexity index is 317. The summed E-state index contributed by atoms with van der Waals surface area (Å²) in [5, 5.41) is 3.48. The molecule has 0 radical (unpaired) electrons. The molecule has 1 fully saturated rings. The van der Waals surface area contributed by atoms with Crippen molar-refractivity contribution in [2.45, 2.75) is 30.6 Å². The van der Waals surface area contributed by atoms with Crippen molar-refractivity contribution >= 4 is 27.7 Å². The van der Waals surface area contributed by atoms with Gasteiger partial charge in [-0.25, -0.2) is 0 Å². The van der Waals surface area contributed by atoms with E-state index in [-0.39, 0.29) is 0 Å². The summed E-state index contributed by atoms with van der Waals surface area (Å²) in [6.45, 7) is 1.90. The first kappa shape index (κ1) is 11.6. The van der Waals surface area contributed by atoms with Gasteiger partial charge in [0.05, 0.1) is 17.3 Å². The summed E-state index contributed by atoms with van der Waals surface area (Å²) in [6, 6.07) is 1.94. The van der Waals surface area contributed by atoms with Gasteiger partial charge in [-0.15, -0.1) is 0 Å². The monoisotopic (exact) mass is 289 g/mol. The highest BCUT2D eigenvalue weighted by molar-refractivity contribution is 9.10. The van der Waals surface area contributed by atoms with Crippen LogP contribution in [0.2, 0.25) is 0 Å². The molecule has 15 heavy (non-hydrogen) atoms. The molecule has 1 aromatic heterocycles. The molecule has 0 spiro atoms. The molecule has 1 saturated carbocycles. The summed E-state index contributed by atoms with van der Waals surface area (Å²) in [7, 11) is 0. The first-order valence-corrected chi connectivity index (χ1v) is 7.25. The average Bonchev–Trinajstić information content (AvgIpc) is 2.57. The molecular formula is C11H16BrNOS. The fraction of sp³-hybridized carbons (Fsp3) is 0.636. The fourth-order valence-corrected chi connectivity index (χ4v) is 3.16. The molecule has 1 N–H and O–H groups in total. The number of nitrogens with one attached hydrogen (secondary N) is 1. The van der Waals surface area contributed by atoms with Crippen molar-refractivity contribution in [2.75, 3.05) is 12.8 Å². The maximum atomic E-state index is 5.35. The maximum Gasteiger partial charge on any atom is 0.131 e. The molecule has 0 bridgehead atoms. The van der Waals surface area contributed by atoms with Crippen LogP contribution in [0.1, 0.15) is 25.0 Å². The second-order valence-electron chi connectivity index (χ2n) is 4.04. The van der Waals surface area contributed by atoms with Crippen LogP contribution in [0.25, 0.3) is 0 Å². The molecule has 2 nitrogen and oxygen atoms in total. The van der Waals surface area contributed by atoms with Gasteiger partial charge in [-0.3, -0.25) is 0 Å². The minimum absolute atomic E-state index is 0.499. The Morgan fingerprint density at radius 1 is 1.60 bits per heavy atom. The van der Waals surface area contributed by atoms with Crippen molar-refractivity contribution in [3.05, 3.63) is 22.6 Å². The summed E-state index contributed by atoms with van der Waals surface area (Å²) >= 11 is 5.45. The van der Waals surface area contributed by atoms with Crippen LogP contribution in [0, 0.1) is 0 Å². The van der Waals surface area contributed by atoms with Crippen LogP contribution in [0.4, 0.5) is 0 Å². The highest BCUT2D eigenvalue weighted by atomic mass is 79.9. The van der Waals surface area contributed by atoms with E-state index in [2.05, 4.69) is 27.5 Å². The van der Waals surface area contributed by atoms with E-state index >= 15 is 0 Å². The maximum absolute atomic E-state index is 5.35. The third-order valence-electron chi connectivity index (χ3n) is 3.12. The Balaban J connectivity index is 1.77. The predicted octanol–water partition coefficient (Wildman–Crippen LogP) is 3.42. The van der Waals surface area contributed by atoms with Gasteiger partial charge in [-0.2, -0.15) is 11.8 Å². The molecule has 4 heteroatoms. The second-order valence-corrected chi connectivity index (χ2v) is 6.16. The molecule has 1 heterocycles. The van der Waals surface area contributed by atoms with Gasteiger partial charge in [0.2, 0.25) is 0 Å². The Kier molecular flexibility index (Phi) is 3.80. The topological polar surface area (TPSA) is 25.2 Å². The van der Waals surface area contributed by atoms with Gasteiger partial charge < -0.3 is 9.73 Å². The van der Waals surface area contributed by atoms with Crippen LogP contribution >= 0.6 is 27.7 Å². The van der Waals surface area contributed by atoms with E-state index < -0.39 is 0 Å². The number of furan rings is 1. The second kappa shape index (κ2) is 4.93. The summed E-state index contributed by atoms with van der Waals surface area (Å²) in [4.78, 5) is 0. The smallest absolute Gasteiger partial charge is 0.131 e. The van der Waals surface area contributed by atoms with E-state index in [4.69, 9.17) is 4.42 Å². The van der Waals surface area contributed by atoms with E-state index in [1.165, 1.54) is 19.3 Å². The lowest BCUT2D eigenvalue weighted by Crippen LogP contribution is -2.43. The molecule has 0 aliphatic heterocycles. The van der Waals surface area contributed by atoms with Crippen molar-refractivity contribution in [3.63, 3.8) is 0 Å². The molecule has 0 amide bonds. The lowest BCUT2D eigenvalue weighted by atomic mass is 9.84. The number of halogens is 1. The molecule has 0 saturated heterocycles. The van der Waals surface area contributed by atoms with Crippen LogP contribution in [0.5, 0.6) is 0 Å². The molecule has 0 aromatic carbocycles. The first-order valence-electron chi connectivity index (χ1n) is 5.23. The molecule has 1 aliphatic carbocycles. The lowest BCUT2D eigenvalue weighted by Gasteiger charge is -2.40. The Morgan fingerprint density at radius 2 is 2.40 bits per heavy atom. The molecule has 1 aliphatic rings. The predicted molar refractivity (Wildman–Crippen MR) is 68.2 cm³/mol. The summed E-state index contributed by atoms with van der Waals surface area (Å²) in [6.07, 6.45) is 8.01. The summed E-state index contributed by atoms with van der Waals surface area (Å²) < 4.78 is 6.90. The largest absolute Gasteiger partial charge is 0.467 e. The standard InChI is InChI=1S/C11H16BrNOS/c1-15-11(4-2-5-11)8-13-7-10-9(12)3-6-14-10/h3,6,13H,2,4-5,7-8H2,1H3. The zero-order valence-corrected chi connectivity index (χ0v) is 11.3. The number of thioether (sulfide) groups is 1. The molecular weight excluding hydrogens is 274 g/mol. The van der Waals surface area contributed by atoms with Crippen molar-refractivity contribution in [1.29, 1.82) is 0 Å².